The third-order valence-corrected chi connectivity index (χ3v) is 6.41. The molecule has 1 unspecified atom stereocenters. The molecule has 0 aromatic carbocycles. The van der Waals surface area contributed by atoms with E-state index in [2.05, 4.69) is 4.90 Å². The zero-order valence-corrected chi connectivity index (χ0v) is 12.5. The van der Waals surface area contributed by atoms with Crippen LogP contribution in [0.5, 0.6) is 0 Å². The van der Waals surface area contributed by atoms with Crippen molar-refractivity contribution in [1.29, 1.82) is 0 Å². The van der Waals surface area contributed by atoms with Gasteiger partial charge in [-0.15, -0.1) is 0 Å². The van der Waals surface area contributed by atoms with Crippen LogP contribution in [0, 0.1) is 0 Å². The average Bonchev–Trinajstić information content (AvgIpc) is 2.29. The Balaban J connectivity index is 2.57. The van der Waals surface area contributed by atoms with Crippen LogP contribution in [0.15, 0.2) is 0 Å². The Bertz CT molecular complexity index is 357. The monoisotopic (exact) mass is 296 g/mol. The number of thioether (sulfide) groups is 1. The molecule has 0 bridgehead atoms. The predicted molar refractivity (Wildman–Crippen MR) is 78.2 cm³/mol. The first-order valence-electron chi connectivity index (χ1n) is 5.79. The molecule has 0 aromatic heterocycles. The number of sulfone groups is 1. The van der Waals surface area contributed by atoms with Crippen molar-refractivity contribution in [2.24, 2.45) is 5.73 Å². The van der Waals surface area contributed by atoms with E-state index in [1.165, 1.54) is 0 Å². The summed E-state index contributed by atoms with van der Waals surface area (Å²) in [7, 11) is -2.98. The molecule has 0 saturated carbocycles. The van der Waals surface area contributed by atoms with Crippen molar-refractivity contribution >= 4 is 38.8 Å². The lowest BCUT2D eigenvalue weighted by molar-refractivity contribution is 0.268. The molecular weight excluding hydrogens is 276 g/mol. The van der Waals surface area contributed by atoms with Crippen molar-refractivity contribution in [3.8, 4) is 0 Å². The van der Waals surface area contributed by atoms with Gasteiger partial charge in [0, 0.05) is 23.8 Å². The predicted octanol–water partition coefficient (Wildman–Crippen LogP) is 0.862. The van der Waals surface area contributed by atoms with Crippen LogP contribution in [-0.2, 0) is 9.84 Å². The molecular formula is C10H20N2O2S3. The van der Waals surface area contributed by atoms with E-state index in [-0.39, 0.29) is 11.1 Å². The molecule has 1 saturated heterocycles. The molecule has 1 aliphatic heterocycles. The number of hydrogen-bond acceptors (Lipinski definition) is 5. The van der Waals surface area contributed by atoms with Crippen LogP contribution in [0.3, 0.4) is 0 Å². The highest BCUT2D eigenvalue weighted by Gasteiger charge is 2.32. The van der Waals surface area contributed by atoms with Crippen LogP contribution in [0.1, 0.15) is 19.8 Å². The van der Waals surface area contributed by atoms with Gasteiger partial charge in [0.1, 0.15) is 5.37 Å². The van der Waals surface area contributed by atoms with E-state index in [9.17, 15) is 8.42 Å². The molecule has 0 aliphatic carbocycles. The van der Waals surface area contributed by atoms with Gasteiger partial charge in [0.2, 0.25) is 0 Å². The smallest absolute Gasteiger partial charge is 0.166 e. The van der Waals surface area contributed by atoms with E-state index < -0.39 is 9.84 Å². The second-order valence-corrected chi connectivity index (χ2v) is 8.21. The summed E-state index contributed by atoms with van der Waals surface area (Å²) in [4.78, 5) is 2.57. The maximum Gasteiger partial charge on any atom is 0.166 e. The molecule has 100 valence electrons. The highest BCUT2D eigenvalue weighted by atomic mass is 32.2. The van der Waals surface area contributed by atoms with Gasteiger partial charge in [-0.3, -0.25) is 4.90 Å². The molecule has 1 aliphatic rings. The summed E-state index contributed by atoms with van der Waals surface area (Å²) >= 11 is 6.54. The average molecular weight is 296 g/mol. The van der Waals surface area contributed by atoms with Gasteiger partial charge in [-0.1, -0.05) is 19.1 Å². The number of hydrogen-bond donors (Lipinski definition) is 1. The number of nitrogens with zero attached hydrogens (tertiary/aromatic N) is 1. The van der Waals surface area contributed by atoms with Crippen molar-refractivity contribution in [1.82, 2.24) is 4.90 Å². The fourth-order valence-corrected chi connectivity index (χ4v) is 5.11. The van der Waals surface area contributed by atoms with Crippen molar-refractivity contribution in [2.75, 3.05) is 30.3 Å². The Kier molecular flexibility index (Phi) is 6.19. The van der Waals surface area contributed by atoms with Crippen LogP contribution >= 0.6 is 24.0 Å². The first-order chi connectivity index (χ1) is 7.97. The molecule has 0 radical (unpaired) electrons. The SMILES string of the molecule is CCS(=O)(=O)C1CSCCN1CCCC(N)=S. The van der Waals surface area contributed by atoms with Crippen LogP contribution in [-0.4, -0.2) is 54.0 Å². The van der Waals surface area contributed by atoms with Gasteiger partial charge in [0.05, 0.1) is 4.99 Å². The Morgan fingerprint density at radius 2 is 2.29 bits per heavy atom. The quantitative estimate of drug-likeness (QED) is 0.734. The van der Waals surface area contributed by atoms with Crippen LogP contribution in [0.25, 0.3) is 0 Å². The summed E-state index contributed by atoms with van der Waals surface area (Å²) in [5.41, 5.74) is 5.45. The van der Waals surface area contributed by atoms with Gasteiger partial charge in [-0.2, -0.15) is 11.8 Å². The Morgan fingerprint density at radius 1 is 1.59 bits per heavy atom. The molecule has 0 amide bonds. The van der Waals surface area contributed by atoms with Crippen molar-refractivity contribution in [3.05, 3.63) is 0 Å². The van der Waals surface area contributed by atoms with Gasteiger partial charge < -0.3 is 5.73 Å². The lowest BCUT2D eigenvalue weighted by Gasteiger charge is -2.34. The normalized spacial score (nSPS) is 22.5. The van der Waals surface area contributed by atoms with E-state index in [0.29, 0.717) is 17.2 Å². The van der Waals surface area contributed by atoms with Gasteiger partial charge in [0.15, 0.2) is 9.84 Å². The summed E-state index contributed by atoms with van der Waals surface area (Å²) < 4.78 is 23.9. The third kappa shape index (κ3) is 4.73. The van der Waals surface area contributed by atoms with E-state index in [1.54, 1.807) is 18.7 Å². The molecule has 7 heteroatoms. The fraction of sp³-hybridized carbons (Fsp3) is 0.900. The molecule has 2 N–H and O–H groups in total. The summed E-state index contributed by atoms with van der Waals surface area (Å²) in [5, 5.41) is -0.322. The molecule has 17 heavy (non-hydrogen) atoms. The number of nitrogens with two attached hydrogens (primary N) is 1. The van der Waals surface area contributed by atoms with Crippen LogP contribution in [0.2, 0.25) is 0 Å². The molecule has 4 nitrogen and oxygen atoms in total. The van der Waals surface area contributed by atoms with Crippen molar-refractivity contribution in [3.63, 3.8) is 0 Å². The van der Waals surface area contributed by atoms with Crippen LogP contribution in [0.4, 0.5) is 0 Å². The molecule has 0 spiro atoms. The molecule has 1 atom stereocenters. The molecule has 0 aromatic rings. The van der Waals surface area contributed by atoms with E-state index in [1.807, 2.05) is 0 Å². The van der Waals surface area contributed by atoms with E-state index in [4.69, 9.17) is 18.0 Å². The topological polar surface area (TPSA) is 63.4 Å². The first kappa shape index (κ1) is 15.2. The molecule has 1 heterocycles. The number of rotatable bonds is 6. The first-order valence-corrected chi connectivity index (χ1v) is 9.07. The Hall–Kier alpha value is 0.150. The summed E-state index contributed by atoms with van der Waals surface area (Å²) in [6.07, 6.45) is 1.54. The summed E-state index contributed by atoms with van der Waals surface area (Å²) in [6.45, 7) is 3.31. The molecule has 1 fully saturated rings. The van der Waals surface area contributed by atoms with Gasteiger partial charge in [-0.05, 0) is 19.4 Å². The van der Waals surface area contributed by atoms with Gasteiger partial charge >= 0.3 is 0 Å². The summed E-state index contributed by atoms with van der Waals surface area (Å²) in [5.74, 6) is 1.90. The van der Waals surface area contributed by atoms with Gasteiger partial charge in [-0.25, -0.2) is 8.42 Å². The summed E-state index contributed by atoms with van der Waals surface area (Å²) in [6, 6.07) is 0. The van der Waals surface area contributed by atoms with E-state index in [0.717, 1.165) is 25.3 Å². The van der Waals surface area contributed by atoms with E-state index >= 15 is 0 Å². The zero-order valence-electron chi connectivity index (χ0n) is 10.1. The Morgan fingerprint density at radius 3 is 2.88 bits per heavy atom. The second kappa shape index (κ2) is 6.92. The Labute approximate surface area is 113 Å². The largest absolute Gasteiger partial charge is 0.393 e. The highest BCUT2D eigenvalue weighted by Crippen LogP contribution is 2.21. The van der Waals surface area contributed by atoms with Gasteiger partial charge in [0.25, 0.3) is 0 Å². The van der Waals surface area contributed by atoms with Crippen molar-refractivity contribution in [2.45, 2.75) is 25.1 Å². The number of thiocarbonyl (C=S) groups is 1. The minimum absolute atomic E-state index is 0.212. The molecule has 1 rings (SSSR count). The lowest BCUT2D eigenvalue weighted by Crippen LogP contribution is -2.48. The minimum atomic E-state index is -2.98. The highest BCUT2D eigenvalue weighted by molar-refractivity contribution is 8.01. The zero-order chi connectivity index (χ0) is 12.9. The van der Waals surface area contributed by atoms with Crippen LogP contribution < -0.4 is 5.73 Å². The third-order valence-electron chi connectivity index (χ3n) is 2.88. The lowest BCUT2D eigenvalue weighted by atomic mass is 10.3. The second-order valence-electron chi connectivity index (χ2n) is 4.09. The standard InChI is InChI=1S/C10H20N2O2S3/c1-2-17(13,14)10-8-16-7-6-12(10)5-3-4-9(11)15/h10H,2-8H2,1H3,(H2,11,15). The maximum absolute atomic E-state index is 12.0. The minimum Gasteiger partial charge on any atom is -0.393 e. The maximum atomic E-state index is 12.0. The fourth-order valence-electron chi connectivity index (χ4n) is 1.85. The van der Waals surface area contributed by atoms with Crippen molar-refractivity contribution < 1.29 is 8.42 Å².